The van der Waals surface area contributed by atoms with Crippen molar-refractivity contribution in [3.8, 4) is 17.2 Å². The molecule has 10 heteroatoms. The van der Waals surface area contributed by atoms with Gasteiger partial charge in [-0.15, -0.1) is 0 Å². The van der Waals surface area contributed by atoms with Crippen molar-refractivity contribution >= 4 is 46.0 Å². The monoisotopic (exact) mass is 460 g/mol. The van der Waals surface area contributed by atoms with Crippen molar-refractivity contribution in [3.05, 3.63) is 63.0 Å². The van der Waals surface area contributed by atoms with Crippen molar-refractivity contribution < 1.29 is 23.9 Å². The largest absolute Gasteiger partial charge is 0.493 e. The molecule has 0 aliphatic carbocycles. The molecule has 162 valence electrons. The van der Waals surface area contributed by atoms with Crippen molar-refractivity contribution in [3.63, 3.8) is 0 Å². The van der Waals surface area contributed by atoms with E-state index in [1.807, 2.05) is 13.0 Å². The van der Waals surface area contributed by atoms with E-state index in [0.29, 0.717) is 33.0 Å². The molecule has 31 heavy (non-hydrogen) atoms. The lowest BCUT2D eigenvalue weighted by Crippen LogP contribution is -2.27. The van der Waals surface area contributed by atoms with Crippen LogP contribution in [0.25, 0.3) is 6.08 Å². The van der Waals surface area contributed by atoms with Gasteiger partial charge in [0, 0.05) is 18.7 Å². The molecule has 1 fully saturated rings. The number of ether oxygens (including phenoxy) is 3. The number of amides is 1. The highest BCUT2D eigenvalue weighted by molar-refractivity contribution is 8.26. The number of hydrogen-bond acceptors (Lipinski definition) is 8. The Hall–Kier alpha value is -3.11. The zero-order chi connectivity index (χ0) is 22.4. The molecule has 0 aromatic heterocycles. The Morgan fingerprint density at radius 2 is 1.84 bits per heavy atom. The lowest BCUT2D eigenvalue weighted by molar-refractivity contribution is -0.384. The van der Waals surface area contributed by atoms with E-state index < -0.39 is 4.92 Å². The molecule has 0 radical (unpaired) electrons. The molecule has 0 saturated carbocycles. The molecular weight excluding hydrogens is 440 g/mol. The lowest BCUT2D eigenvalue weighted by atomic mass is 10.2. The highest BCUT2D eigenvalue weighted by Gasteiger charge is 2.30. The predicted octanol–water partition coefficient (Wildman–Crippen LogP) is 4.28. The molecule has 0 unspecified atom stereocenters. The van der Waals surface area contributed by atoms with Crippen LogP contribution in [0.2, 0.25) is 0 Å². The second-order valence-corrected chi connectivity index (χ2v) is 7.96. The summed E-state index contributed by atoms with van der Waals surface area (Å²) < 4.78 is 17.2. The van der Waals surface area contributed by atoms with Crippen molar-refractivity contribution in [2.75, 3.05) is 26.9 Å². The van der Waals surface area contributed by atoms with Gasteiger partial charge in [0.1, 0.15) is 23.3 Å². The van der Waals surface area contributed by atoms with Gasteiger partial charge < -0.3 is 14.2 Å². The molecule has 1 heterocycles. The smallest absolute Gasteiger partial charge is 0.269 e. The maximum atomic E-state index is 12.4. The summed E-state index contributed by atoms with van der Waals surface area (Å²) in [6.07, 6.45) is 1.78. The summed E-state index contributed by atoms with van der Waals surface area (Å²) in [5, 5.41) is 10.7. The van der Waals surface area contributed by atoms with Crippen LogP contribution in [0.15, 0.2) is 47.4 Å². The maximum Gasteiger partial charge on any atom is 0.269 e. The van der Waals surface area contributed by atoms with Crippen LogP contribution < -0.4 is 14.2 Å². The van der Waals surface area contributed by atoms with Gasteiger partial charge in [0.05, 0.1) is 16.9 Å². The minimum absolute atomic E-state index is 0.00493. The highest BCUT2D eigenvalue weighted by Crippen LogP contribution is 2.34. The number of nitrogens with zero attached hydrogens (tertiary/aromatic N) is 2. The number of benzene rings is 2. The van der Waals surface area contributed by atoms with E-state index in [-0.39, 0.29) is 24.8 Å². The average molecular weight is 461 g/mol. The molecule has 2 aromatic rings. The topological polar surface area (TPSA) is 91.1 Å². The molecule has 1 aliphatic rings. The van der Waals surface area contributed by atoms with Crippen LogP contribution in [0, 0.1) is 10.1 Å². The number of methoxy groups -OCH3 is 1. The Morgan fingerprint density at radius 3 is 2.45 bits per heavy atom. The number of nitro benzene ring substituents is 1. The normalized spacial score (nSPS) is 14.8. The van der Waals surface area contributed by atoms with Gasteiger partial charge in [0.15, 0.2) is 11.5 Å². The number of non-ortho nitro benzene ring substituents is 1. The van der Waals surface area contributed by atoms with Crippen LogP contribution in [0.3, 0.4) is 0 Å². The summed E-state index contributed by atoms with van der Waals surface area (Å²) in [7, 11) is 1.54. The maximum absolute atomic E-state index is 12.4. The molecule has 2 aromatic carbocycles. The fraction of sp³-hybridized carbons (Fsp3) is 0.238. The van der Waals surface area contributed by atoms with E-state index in [2.05, 4.69) is 0 Å². The first-order valence-corrected chi connectivity index (χ1v) is 10.6. The van der Waals surface area contributed by atoms with Crippen LogP contribution in [0.1, 0.15) is 12.5 Å². The molecule has 1 aliphatic heterocycles. The Balaban J connectivity index is 1.59. The van der Waals surface area contributed by atoms with Gasteiger partial charge in [-0.25, -0.2) is 0 Å². The van der Waals surface area contributed by atoms with Gasteiger partial charge in [-0.05, 0) is 42.8 Å². The number of nitro groups is 1. The second kappa shape index (κ2) is 10.3. The van der Waals surface area contributed by atoms with E-state index in [9.17, 15) is 14.9 Å². The first kappa shape index (κ1) is 22.6. The van der Waals surface area contributed by atoms with Gasteiger partial charge in [-0.3, -0.25) is 19.8 Å². The Bertz CT molecular complexity index is 1020. The zero-order valence-electron chi connectivity index (χ0n) is 16.9. The van der Waals surface area contributed by atoms with Gasteiger partial charge >= 0.3 is 0 Å². The third kappa shape index (κ3) is 5.53. The van der Waals surface area contributed by atoms with Crippen molar-refractivity contribution in [2.45, 2.75) is 6.92 Å². The number of likely N-dealkylation sites (N-methyl/N-ethyl adjacent to an activating group) is 1. The molecule has 0 spiro atoms. The summed E-state index contributed by atoms with van der Waals surface area (Å²) in [5.41, 5.74) is 0.799. The molecule has 8 nitrogen and oxygen atoms in total. The van der Waals surface area contributed by atoms with E-state index >= 15 is 0 Å². The average Bonchev–Trinajstić information content (AvgIpc) is 3.04. The summed E-state index contributed by atoms with van der Waals surface area (Å²) in [6.45, 7) is 2.93. The lowest BCUT2D eigenvalue weighted by Gasteiger charge is -2.12. The molecule has 0 bridgehead atoms. The Labute approximate surface area is 188 Å². The number of rotatable bonds is 9. The summed E-state index contributed by atoms with van der Waals surface area (Å²) in [5.74, 6) is 1.48. The third-order valence-corrected chi connectivity index (χ3v) is 5.71. The minimum atomic E-state index is -0.464. The van der Waals surface area contributed by atoms with E-state index in [1.165, 1.54) is 43.1 Å². The van der Waals surface area contributed by atoms with Crippen molar-refractivity contribution in [1.82, 2.24) is 4.90 Å². The fourth-order valence-corrected chi connectivity index (χ4v) is 4.18. The SMILES string of the molecule is CCN1C(=O)/C(=C/c2ccc(OCCOc3ccc([N+](=O)[O-])cc3)c(OC)c2)SC1=S. The molecule has 0 atom stereocenters. The number of carbonyl (C=O) groups excluding carboxylic acids is 1. The van der Waals surface area contributed by atoms with Gasteiger partial charge in [0.2, 0.25) is 0 Å². The Morgan fingerprint density at radius 1 is 1.13 bits per heavy atom. The van der Waals surface area contributed by atoms with E-state index in [0.717, 1.165) is 5.56 Å². The fourth-order valence-electron chi connectivity index (χ4n) is 2.79. The summed E-state index contributed by atoms with van der Waals surface area (Å²) in [6, 6.07) is 11.2. The van der Waals surface area contributed by atoms with Crippen molar-refractivity contribution in [1.29, 1.82) is 0 Å². The summed E-state index contributed by atoms with van der Waals surface area (Å²) >= 11 is 6.51. The van der Waals surface area contributed by atoms with E-state index in [1.54, 1.807) is 23.1 Å². The van der Waals surface area contributed by atoms with Gasteiger partial charge in [-0.2, -0.15) is 0 Å². The first-order chi connectivity index (χ1) is 14.9. The van der Waals surface area contributed by atoms with Crippen LogP contribution in [0.4, 0.5) is 5.69 Å². The predicted molar refractivity (Wildman–Crippen MR) is 123 cm³/mol. The van der Waals surface area contributed by atoms with Crippen molar-refractivity contribution in [2.24, 2.45) is 0 Å². The van der Waals surface area contributed by atoms with Gasteiger partial charge in [0.25, 0.3) is 11.6 Å². The molecule has 3 rings (SSSR count). The molecular formula is C21H20N2O6S2. The molecule has 1 saturated heterocycles. The number of thioether (sulfide) groups is 1. The highest BCUT2D eigenvalue weighted by atomic mass is 32.2. The third-order valence-electron chi connectivity index (χ3n) is 4.33. The first-order valence-electron chi connectivity index (χ1n) is 9.36. The van der Waals surface area contributed by atoms with E-state index in [4.69, 9.17) is 26.4 Å². The van der Waals surface area contributed by atoms with Crippen LogP contribution in [0.5, 0.6) is 17.2 Å². The molecule has 1 amide bonds. The van der Waals surface area contributed by atoms with Gasteiger partial charge in [-0.1, -0.05) is 30.0 Å². The van der Waals surface area contributed by atoms with Crippen LogP contribution in [-0.4, -0.2) is 46.9 Å². The number of hydrogen-bond donors (Lipinski definition) is 0. The summed E-state index contributed by atoms with van der Waals surface area (Å²) in [4.78, 5) is 24.7. The Kier molecular flexibility index (Phi) is 7.48. The standard InChI is InChI=1S/C21H20N2O6S2/c1-3-22-20(24)19(31-21(22)30)13-14-4-9-17(18(12-14)27-2)29-11-10-28-16-7-5-15(6-8-16)23(25)26/h4-9,12-13H,3,10-11H2,1-2H3/b19-13-. The minimum Gasteiger partial charge on any atom is -0.493 e. The second-order valence-electron chi connectivity index (χ2n) is 6.28. The number of carbonyl (C=O) groups is 1. The molecule has 0 N–H and O–H groups in total. The quantitative estimate of drug-likeness (QED) is 0.180. The van der Waals surface area contributed by atoms with Crippen LogP contribution in [-0.2, 0) is 4.79 Å². The van der Waals surface area contributed by atoms with Crippen LogP contribution >= 0.6 is 24.0 Å². The zero-order valence-corrected chi connectivity index (χ0v) is 18.5. The number of thiocarbonyl (C=S) groups is 1.